The van der Waals surface area contributed by atoms with Crippen molar-refractivity contribution in [3.8, 4) is 0 Å². The maximum absolute atomic E-state index is 12.4. The first kappa shape index (κ1) is 20.7. The van der Waals surface area contributed by atoms with Crippen molar-refractivity contribution in [2.45, 2.75) is 37.4 Å². The third-order valence-corrected chi connectivity index (χ3v) is 7.11. The largest absolute Gasteiger partial charge is 0.381 e. The molecule has 0 aliphatic carbocycles. The summed E-state index contributed by atoms with van der Waals surface area (Å²) in [5, 5.41) is 6.55. The van der Waals surface area contributed by atoms with Crippen LogP contribution in [-0.2, 0) is 14.6 Å². The number of aliphatic imine (C=N–C) groups is 1. The lowest BCUT2D eigenvalue weighted by molar-refractivity contribution is 0.0768. The van der Waals surface area contributed by atoms with Crippen molar-refractivity contribution in [3.63, 3.8) is 0 Å². The summed E-state index contributed by atoms with van der Waals surface area (Å²) >= 11 is 0. The molecular weight excluding hydrogens is 350 g/mol. The standard InChI is InChI=1S/C19H31N3O3S/c1-4-20-18(21-14-16(2)17-8-6-5-7-9-17)22-15-19(26(3,23)24)10-12-25-13-11-19/h5-9,16H,4,10-15H2,1-3H3,(H2,20,21,22). The molecule has 1 fully saturated rings. The number of hydrogen-bond donors (Lipinski definition) is 2. The van der Waals surface area contributed by atoms with Gasteiger partial charge in [0, 0.05) is 32.6 Å². The van der Waals surface area contributed by atoms with Gasteiger partial charge in [0.25, 0.3) is 0 Å². The molecular formula is C19H31N3O3S. The molecule has 0 spiro atoms. The van der Waals surface area contributed by atoms with E-state index >= 15 is 0 Å². The Labute approximate surface area is 157 Å². The second-order valence-corrected chi connectivity index (χ2v) is 9.37. The van der Waals surface area contributed by atoms with E-state index in [4.69, 9.17) is 4.74 Å². The lowest BCUT2D eigenvalue weighted by atomic mass is 9.99. The first-order valence-corrected chi connectivity index (χ1v) is 11.1. The second kappa shape index (κ2) is 9.37. The fourth-order valence-electron chi connectivity index (χ4n) is 3.10. The quantitative estimate of drug-likeness (QED) is 0.557. The third kappa shape index (κ3) is 5.45. The van der Waals surface area contributed by atoms with Crippen LogP contribution in [0.1, 0.15) is 38.2 Å². The summed E-state index contributed by atoms with van der Waals surface area (Å²) < 4.78 is 29.3. The van der Waals surface area contributed by atoms with Gasteiger partial charge in [-0.1, -0.05) is 37.3 Å². The van der Waals surface area contributed by atoms with Gasteiger partial charge in [-0.25, -0.2) is 8.42 Å². The molecule has 1 aliphatic rings. The maximum Gasteiger partial charge on any atom is 0.191 e. The highest BCUT2D eigenvalue weighted by atomic mass is 32.2. The van der Waals surface area contributed by atoms with Crippen LogP contribution in [0.5, 0.6) is 0 Å². The third-order valence-electron chi connectivity index (χ3n) is 5.00. The summed E-state index contributed by atoms with van der Waals surface area (Å²) in [6.07, 6.45) is 2.30. The molecule has 1 heterocycles. The molecule has 1 atom stereocenters. The van der Waals surface area contributed by atoms with E-state index in [2.05, 4.69) is 34.7 Å². The van der Waals surface area contributed by atoms with Gasteiger partial charge in [0.1, 0.15) is 0 Å². The summed E-state index contributed by atoms with van der Waals surface area (Å²) in [5.41, 5.74) is 1.26. The average molecular weight is 382 g/mol. The van der Waals surface area contributed by atoms with Crippen LogP contribution in [0.15, 0.2) is 35.3 Å². The number of hydrogen-bond acceptors (Lipinski definition) is 4. The van der Waals surface area contributed by atoms with Gasteiger partial charge in [-0.3, -0.25) is 4.99 Å². The number of guanidine groups is 1. The van der Waals surface area contributed by atoms with Gasteiger partial charge >= 0.3 is 0 Å². The summed E-state index contributed by atoms with van der Waals surface area (Å²) in [4.78, 5) is 4.60. The Kier molecular flexibility index (Phi) is 7.46. The molecule has 1 aliphatic heterocycles. The number of benzene rings is 1. The highest BCUT2D eigenvalue weighted by molar-refractivity contribution is 7.92. The van der Waals surface area contributed by atoms with Crippen LogP contribution in [0.4, 0.5) is 0 Å². The number of nitrogens with zero attached hydrogens (tertiary/aromatic N) is 1. The van der Waals surface area contributed by atoms with Gasteiger partial charge in [-0.05, 0) is 31.2 Å². The van der Waals surface area contributed by atoms with Crippen molar-refractivity contribution in [2.24, 2.45) is 4.99 Å². The number of ether oxygens (including phenoxy) is 1. The Morgan fingerprint density at radius 2 is 1.88 bits per heavy atom. The SMILES string of the molecule is CCNC(=NCC1(S(C)(=O)=O)CCOCC1)NCC(C)c1ccccc1. The molecule has 1 aromatic carbocycles. The van der Waals surface area contributed by atoms with E-state index < -0.39 is 14.6 Å². The molecule has 26 heavy (non-hydrogen) atoms. The van der Waals surface area contributed by atoms with E-state index in [0.717, 1.165) is 13.1 Å². The van der Waals surface area contributed by atoms with Gasteiger partial charge in [-0.15, -0.1) is 0 Å². The average Bonchev–Trinajstić information content (AvgIpc) is 2.64. The molecule has 7 heteroatoms. The van der Waals surface area contributed by atoms with Gasteiger partial charge < -0.3 is 15.4 Å². The minimum absolute atomic E-state index is 0.254. The molecule has 1 unspecified atom stereocenters. The Morgan fingerprint density at radius 1 is 1.23 bits per heavy atom. The van der Waals surface area contributed by atoms with Crippen molar-refractivity contribution in [1.29, 1.82) is 0 Å². The zero-order chi connectivity index (χ0) is 19.0. The van der Waals surface area contributed by atoms with Crippen LogP contribution in [-0.4, -0.2) is 58.2 Å². The van der Waals surface area contributed by atoms with E-state index in [-0.39, 0.29) is 6.54 Å². The van der Waals surface area contributed by atoms with E-state index in [1.54, 1.807) is 0 Å². The Hall–Kier alpha value is -1.60. The minimum Gasteiger partial charge on any atom is -0.381 e. The first-order valence-electron chi connectivity index (χ1n) is 9.22. The van der Waals surface area contributed by atoms with E-state index in [0.29, 0.717) is 37.9 Å². The molecule has 0 bridgehead atoms. The van der Waals surface area contributed by atoms with E-state index in [9.17, 15) is 8.42 Å². The molecule has 2 N–H and O–H groups in total. The molecule has 146 valence electrons. The highest BCUT2D eigenvalue weighted by Crippen LogP contribution is 2.29. The van der Waals surface area contributed by atoms with Crippen LogP contribution in [0.3, 0.4) is 0 Å². The van der Waals surface area contributed by atoms with E-state index in [1.165, 1.54) is 11.8 Å². The molecule has 1 aromatic rings. The minimum atomic E-state index is -3.22. The monoisotopic (exact) mass is 381 g/mol. The van der Waals surface area contributed by atoms with Crippen LogP contribution < -0.4 is 10.6 Å². The van der Waals surface area contributed by atoms with Gasteiger partial charge in [0.15, 0.2) is 15.8 Å². The zero-order valence-corrected chi connectivity index (χ0v) is 16.8. The van der Waals surface area contributed by atoms with Crippen molar-refractivity contribution in [2.75, 3.05) is 39.1 Å². The molecule has 6 nitrogen and oxygen atoms in total. The molecule has 0 saturated carbocycles. The molecule has 1 saturated heterocycles. The summed E-state index contributed by atoms with van der Waals surface area (Å²) in [7, 11) is -3.22. The molecule has 0 aromatic heterocycles. The van der Waals surface area contributed by atoms with Crippen molar-refractivity contribution in [1.82, 2.24) is 10.6 Å². The lowest BCUT2D eigenvalue weighted by Gasteiger charge is -2.34. The van der Waals surface area contributed by atoms with Crippen LogP contribution in [0.2, 0.25) is 0 Å². The summed E-state index contributed by atoms with van der Waals surface area (Å²) in [6, 6.07) is 10.3. The van der Waals surface area contributed by atoms with Crippen molar-refractivity contribution in [3.05, 3.63) is 35.9 Å². The lowest BCUT2D eigenvalue weighted by Crippen LogP contribution is -2.47. The number of rotatable bonds is 7. The smallest absolute Gasteiger partial charge is 0.191 e. The fourth-order valence-corrected chi connectivity index (χ4v) is 4.31. The predicted octanol–water partition coefficient (Wildman–Crippen LogP) is 1.94. The maximum atomic E-state index is 12.4. The molecule has 0 amide bonds. The fraction of sp³-hybridized carbons (Fsp3) is 0.632. The highest BCUT2D eigenvalue weighted by Gasteiger charge is 2.42. The first-order chi connectivity index (χ1) is 12.4. The van der Waals surface area contributed by atoms with Crippen molar-refractivity contribution < 1.29 is 13.2 Å². The number of sulfone groups is 1. The van der Waals surface area contributed by atoms with Gasteiger partial charge in [0.2, 0.25) is 0 Å². The topological polar surface area (TPSA) is 79.8 Å². The zero-order valence-electron chi connectivity index (χ0n) is 16.0. The molecule has 2 rings (SSSR count). The summed E-state index contributed by atoms with van der Waals surface area (Å²) in [5.74, 6) is 0.983. The summed E-state index contributed by atoms with van der Waals surface area (Å²) in [6.45, 7) is 6.80. The second-order valence-electron chi connectivity index (χ2n) is 6.96. The van der Waals surface area contributed by atoms with Crippen molar-refractivity contribution >= 4 is 15.8 Å². The van der Waals surface area contributed by atoms with Gasteiger partial charge in [0.05, 0.1) is 11.3 Å². The predicted molar refractivity (Wildman–Crippen MR) is 106 cm³/mol. The normalized spacial score (nSPS) is 19.0. The van der Waals surface area contributed by atoms with Gasteiger partial charge in [-0.2, -0.15) is 0 Å². The van der Waals surface area contributed by atoms with E-state index in [1.807, 2.05) is 25.1 Å². The van der Waals surface area contributed by atoms with Crippen LogP contribution >= 0.6 is 0 Å². The van der Waals surface area contributed by atoms with Crippen LogP contribution in [0.25, 0.3) is 0 Å². The Bertz CT molecular complexity index is 683. The molecule has 0 radical (unpaired) electrons. The van der Waals surface area contributed by atoms with Crippen LogP contribution in [0, 0.1) is 0 Å². The Morgan fingerprint density at radius 3 is 2.46 bits per heavy atom. The Balaban J connectivity index is 2.05. The number of nitrogens with one attached hydrogen (secondary N) is 2.